The molecule has 0 saturated heterocycles. The molecule has 31 heavy (non-hydrogen) atoms. The van der Waals surface area contributed by atoms with Crippen LogP contribution in [0.15, 0.2) is 6.07 Å². The molecule has 1 aliphatic carbocycles. The lowest BCUT2D eigenvalue weighted by Gasteiger charge is -2.36. The summed E-state index contributed by atoms with van der Waals surface area (Å²) in [6.45, 7) is 9.25. The summed E-state index contributed by atoms with van der Waals surface area (Å²) in [5.74, 6) is 1.46. The number of nitrogens with zero attached hydrogens (tertiary/aromatic N) is 2. The average Bonchev–Trinajstić information content (AvgIpc) is 3.52. The number of aliphatic hydroxyl groups excluding tert-OH is 1. The molecule has 0 aromatic heterocycles. The van der Waals surface area contributed by atoms with Crippen LogP contribution in [-0.2, 0) is 22.3 Å². The van der Waals surface area contributed by atoms with Crippen molar-refractivity contribution in [1.29, 1.82) is 0 Å². The van der Waals surface area contributed by atoms with Crippen LogP contribution in [0.3, 0.4) is 0 Å². The van der Waals surface area contributed by atoms with E-state index in [1.807, 2.05) is 25.7 Å². The van der Waals surface area contributed by atoms with Gasteiger partial charge in [-0.25, -0.2) is 4.79 Å². The van der Waals surface area contributed by atoms with E-state index in [9.17, 15) is 9.90 Å². The molecule has 172 valence electrons. The van der Waals surface area contributed by atoms with Crippen molar-refractivity contribution in [1.82, 2.24) is 4.90 Å². The van der Waals surface area contributed by atoms with Crippen LogP contribution in [-0.4, -0.2) is 74.3 Å². The number of amides is 1. The number of benzene rings is 1. The van der Waals surface area contributed by atoms with Crippen molar-refractivity contribution in [3.8, 4) is 5.75 Å². The second-order valence-electron chi connectivity index (χ2n) is 9.92. The summed E-state index contributed by atoms with van der Waals surface area (Å²) in [6, 6.07) is 2.17. The Morgan fingerprint density at radius 2 is 2.00 bits per heavy atom. The predicted molar refractivity (Wildman–Crippen MR) is 119 cm³/mol. The van der Waals surface area contributed by atoms with E-state index in [0.717, 1.165) is 30.8 Å². The fraction of sp³-hybridized carbons (Fsp3) is 0.708. The highest BCUT2D eigenvalue weighted by Crippen LogP contribution is 2.51. The van der Waals surface area contributed by atoms with Gasteiger partial charge in [0.05, 0.1) is 24.9 Å². The number of β-amino-alcohol motifs (C(OH)–C–C–N with tert-alkyl or cyclic N) is 1. The van der Waals surface area contributed by atoms with E-state index in [2.05, 4.69) is 11.0 Å². The Bertz CT molecular complexity index is 815. The van der Waals surface area contributed by atoms with Crippen LogP contribution in [0.5, 0.6) is 5.75 Å². The smallest absolute Gasteiger partial charge is 0.410 e. The minimum atomic E-state index is -0.538. The van der Waals surface area contributed by atoms with Crippen molar-refractivity contribution in [3.63, 3.8) is 0 Å². The van der Waals surface area contributed by atoms with Gasteiger partial charge in [0.2, 0.25) is 0 Å². The minimum Gasteiger partial charge on any atom is -0.490 e. The highest BCUT2D eigenvalue weighted by Gasteiger charge is 2.36. The number of carbonyl (C=O) groups is 1. The van der Waals surface area contributed by atoms with Crippen LogP contribution < -0.4 is 9.64 Å². The molecule has 2 aliphatic heterocycles. The van der Waals surface area contributed by atoms with Gasteiger partial charge in [-0.15, -0.1) is 0 Å². The van der Waals surface area contributed by atoms with Crippen molar-refractivity contribution in [3.05, 3.63) is 22.8 Å². The van der Waals surface area contributed by atoms with Crippen molar-refractivity contribution in [2.75, 3.05) is 51.4 Å². The summed E-state index contributed by atoms with van der Waals surface area (Å²) >= 11 is 0. The number of ether oxygens (including phenoxy) is 3. The second kappa shape index (κ2) is 8.87. The van der Waals surface area contributed by atoms with Gasteiger partial charge in [-0.1, -0.05) is 0 Å². The summed E-state index contributed by atoms with van der Waals surface area (Å²) < 4.78 is 16.9. The molecular formula is C24H36N2O5. The van der Waals surface area contributed by atoms with Gasteiger partial charge < -0.3 is 29.1 Å². The average molecular weight is 433 g/mol. The Hall–Kier alpha value is -1.99. The number of fused-ring (bicyclic) bond motifs is 2. The van der Waals surface area contributed by atoms with E-state index in [0.29, 0.717) is 38.8 Å². The summed E-state index contributed by atoms with van der Waals surface area (Å²) in [5.41, 5.74) is 4.68. The maximum Gasteiger partial charge on any atom is 0.410 e. The summed E-state index contributed by atoms with van der Waals surface area (Å²) in [6.07, 6.45) is 3.22. The normalized spacial score (nSPS) is 19.8. The standard InChI is InChI=1S/C24H36N2O5/c1-24(2,3)31-23(28)25-9-7-17-13-20-22(21(16-5-6-16)19(17)8-10-25)26(11-12-30-20)14-18(27)15-29-4/h13,16,18,27H,5-12,14-15H2,1-4H3. The quantitative estimate of drug-likeness (QED) is 0.771. The summed E-state index contributed by atoms with van der Waals surface area (Å²) in [4.78, 5) is 16.8. The van der Waals surface area contributed by atoms with Crippen LogP contribution in [0.2, 0.25) is 0 Å². The summed E-state index contributed by atoms with van der Waals surface area (Å²) in [5, 5.41) is 10.4. The first-order valence-electron chi connectivity index (χ1n) is 11.5. The molecule has 1 unspecified atom stereocenters. The van der Waals surface area contributed by atoms with Crippen molar-refractivity contribution >= 4 is 11.8 Å². The third-order valence-corrected chi connectivity index (χ3v) is 6.15. The van der Waals surface area contributed by atoms with Gasteiger partial charge >= 0.3 is 6.09 Å². The van der Waals surface area contributed by atoms with Crippen LogP contribution in [0.25, 0.3) is 0 Å². The molecule has 7 nitrogen and oxygen atoms in total. The van der Waals surface area contributed by atoms with E-state index >= 15 is 0 Å². The maximum atomic E-state index is 12.7. The third kappa shape index (κ3) is 5.09. The molecule has 3 aliphatic rings. The Morgan fingerprint density at radius 3 is 2.68 bits per heavy atom. The highest BCUT2D eigenvalue weighted by atomic mass is 16.6. The van der Waals surface area contributed by atoms with Crippen molar-refractivity contribution < 1.29 is 24.1 Å². The predicted octanol–water partition coefficient (Wildman–Crippen LogP) is 3.11. The zero-order valence-corrected chi connectivity index (χ0v) is 19.3. The molecule has 1 fully saturated rings. The largest absolute Gasteiger partial charge is 0.490 e. The number of rotatable bonds is 5. The van der Waals surface area contributed by atoms with Gasteiger partial charge in [-0.2, -0.15) is 0 Å². The van der Waals surface area contributed by atoms with E-state index in [1.54, 1.807) is 7.11 Å². The fourth-order valence-corrected chi connectivity index (χ4v) is 4.71. The first kappa shape index (κ1) is 22.2. The Morgan fingerprint density at radius 1 is 1.26 bits per heavy atom. The highest BCUT2D eigenvalue weighted by molar-refractivity contribution is 5.72. The SMILES string of the molecule is COCC(O)CN1CCOc2cc3c(c(C4CC4)c21)CCN(C(=O)OC(C)(C)C)CC3. The lowest BCUT2D eigenvalue weighted by molar-refractivity contribution is 0.0258. The Balaban J connectivity index is 1.63. The summed E-state index contributed by atoms with van der Waals surface area (Å²) in [7, 11) is 1.61. The van der Waals surface area contributed by atoms with Crippen LogP contribution in [0.4, 0.5) is 10.5 Å². The van der Waals surface area contributed by atoms with Crippen molar-refractivity contribution in [2.24, 2.45) is 0 Å². The van der Waals surface area contributed by atoms with Crippen LogP contribution >= 0.6 is 0 Å². The molecule has 1 aromatic rings. The first-order valence-corrected chi connectivity index (χ1v) is 11.5. The monoisotopic (exact) mass is 432 g/mol. The molecule has 0 radical (unpaired) electrons. The zero-order chi connectivity index (χ0) is 22.2. The third-order valence-electron chi connectivity index (χ3n) is 6.15. The first-order chi connectivity index (χ1) is 14.8. The van der Waals surface area contributed by atoms with Gasteiger partial charge in [-0.3, -0.25) is 0 Å². The van der Waals surface area contributed by atoms with E-state index in [-0.39, 0.29) is 6.09 Å². The molecule has 4 rings (SSSR count). The van der Waals surface area contributed by atoms with Gasteiger partial charge in [-0.05, 0) is 75.1 Å². The van der Waals surface area contributed by atoms with Crippen LogP contribution in [0.1, 0.15) is 56.2 Å². The topological polar surface area (TPSA) is 71.5 Å². The Labute approximate surface area is 185 Å². The molecule has 1 atom stereocenters. The lowest BCUT2D eigenvalue weighted by Crippen LogP contribution is -2.40. The molecule has 7 heteroatoms. The van der Waals surface area contributed by atoms with E-state index < -0.39 is 11.7 Å². The molecule has 0 bridgehead atoms. The number of carbonyl (C=O) groups excluding carboxylic acids is 1. The molecule has 1 N–H and O–H groups in total. The van der Waals surface area contributed by atoms with Gasteiger partial charge in [0, 0.05) is 26.7 Å². The lowest BCUT2D eigenvalue weighted by atomic mass is 9.91. The Kier molecular flexibility index (Phi) is 6.35. The minimum absolute atomic E-state index is 0.237. The molecule has 0 spiro atoms. The van der Waals surface area contributed by atoms with Gasteiger partial charge in [0.15, 0.2) is 0 Å². The number of anilines is 1. The molecule has 1 amide bonds. The second-order valence-corrected chi connectivity index (χ2v) is 9.92. The number of hydrogen-bond donors (Lipinski definition) is 1. The molecule has 1 aromatic carbocycles. The van der Waals surface area contributed by atoms with Crippen LogP contribution in [0, 0.1) is 0 Å². The number of aliphatic hydroxyl groups is 1. The fourth-order valence-electron chi connectivity index (χ4n) is 4.71. The molecular weight excluding hydrogens is 396 g/mol. The molecule has 1 saturated carbocycles. The number of hydrogen-bond acceptors (Lipinski definition) is 6. The maximum absolute atomic E-state index is 12.7. The zero-order valence-electron chi connectivity index (χ0n) is 19.3. The number of methoxy groups -OCH3 is 1. The van der Waals surface area contributed by atoms with Crippen molar-refractivity contribution in [2.45, 2.75) is 64.1 Å². The van der Waals surface area contributed by atoms with E-state index in [1.165, 1.54) is 29.5 Å². The van der Waals surface area contributed by atoms with Gasteiger partial charge in [0.25, 0.3) is 0 Å². The molecule has 2 heterocycles. The van der Waals surface area contributed by atoms with Gasteiger partial charge in [0.1, 0.15) is 18.0 Å². The van der Waals surface area contributed by atoms with E-state index in [4.69, 9.17) is 14.2 Å².